The summed E-state index contributed by atoms with van der Waals surface area (Å²) >= 11 is 5.90. The summed E-state index contributed by atoms with van der Waals surface area (Å²) in [4.78, 5) is 27.5. The number of hydrogen-bond acceptors (Lipinski definition) is 5. The molecule has 1 aliphatic rings. The summed E-state index contributed by atoms with van der Waals surface area (Å²) in [7, 11) is 0. The number of pyridine rings is 1. The SMILES string of the molecule is O=C(c1cccnc1)N1CCC[C@H]1c1cncc(Oc2ccc(Cl)cc2)n1. The van der Waals surface area contributed by atoms with Gasteiger partial charge in [-0.25, -0.2) is 4.98 Å². The molecule has 0 spiro atoms. The molecule has 0 radical (unpaired) electrons. The molecule has 7 heteroatoms. The van der Waals surface area contributed by atoms with Crippen molar-refractivity contribution < 1.29 is 9.53 Å². The third-order valence-electron chi connectivity index (χ3n) is 4.43. The Hall–Kier alpha value is -2.99. The molecule has 2 aromatic heterocycles. The number of carbonyl (C=O) groups is 1. The molecule has 1 amide bonds. The van der Waals surface area contributed by atoms with Gasteiger partial charge in [-0.3, -0.25) is 14.8 Å². The van der Waals surface area contributed by atoms with Gasteiger partial charge in [0.2, 0.25) is 5.88 Å². The van der Waals surface area contributed by atoms with Gasteiger partial charge in [-0.05, 0) is 49.2 Å². The quantitative estimate of drug-likeness (QED) is 0.675. The van der Waals surface area contributed by atoms with Crippen LogP contribution in [0.1, 0.15) is 34.9 Å². The summed E-state index contributed by atoms with van der Waals surface area (Å²) in [5.41, 5.74) is 1.29. The minimum atomic E-state index is -0.126. The Labute approximate surface area is 161 Å². The van der Waals surface area contributed by atoms with E-state index in [2.05, 4.69) is 15.0 Å². The second-order valence-electron chi connectivity index (χ2n) is 6.24. The largest absolute Gasteiger partial charge is 0.437 e. The third kappa shape index (κ3) is 3.90. The predicted molar refractivity (Wildman–Crippen MR) is 101 cm³/mol. The number of rotatable bonds is 4. The summed E-state index contributed by atoms with van der Waals surface area (Å²) in [5, 5.41) is 0.637. The van der Waals surface area contributed by atoms with Gasteiger partial charge in [-0.1, -0.05) is 11.6 Å². The lowest BCUT2D eigenvalue weighted by atomic mass is 10.1. The van der Waals surface area contributed by atoms with Crippen LogP contribution in [0.4, 0.5) is 0 Å². The number of ether oxygens (including phenoxy) is 1. The monoisotopic (exact) mass is 380 g/mol. The van der Waals surface area contributed by atoms with Crippen LogP contribution in [0.2, 0.25) is 5.02 Å². The normalized spacial score (nSPS) is 16.3. The second-order valence-corrected chi connectivity index (χ2v) is 6.67. The van der Waals surface area contributed by atoms with Gasteiger partial charge in [-0.2, -0.15) is 0 Å². The fourth-order valence-corrected chi connectivity index (χ4v) is 3.29. The van der Waals surface area contributed by atoms with Gasteiger partial charge >= 0.3 is 0 Å². The van der Waals surface area contributed by atoms with E-state index in [1.165, 1.54) is 0 Å². The Bertz CT molecular complexity index is 934. The molecule has 0 aliphatic carbocycles. The van der Waals surface area contributed by atoms with Crippen LogP contribution in [-0.2, 0) is 0 Å². The lowest BCUT2D eigenvalue weighted by molar-refractivity contribution is 0.0732. The van der Waals surface area contributed by atoms with E-state index in [0.29, 0.717) is 28.8 Å². The van der Waals surface area contributed by atoms with Crippen LogP contribution in [0.5, 0.6) is 11.6 Å². The molecule has 4 rings (SSSR count). The highest BCUT2D eigenvalue weighted by Crippen LogP contribution is 2.33. The van der Waals surface area contributed by atoms with Crippen molar-refractivity contribution in [1.29, 1.82) is 0 Å². The summed E-state index contributed by atoms with van der Waals surface area (Å²) in [6.07, 6.45) is 8.24. The molecular formula is C20H17ClN4O2. The van der Waals surface area contributed by atoms with Crippen LogP contribution < -0.4 is 4.74 Å². The minimum Gasteiger partial charge on any atom is -0.437 e. The average molecular weight is 381 g/mol. The van der Waals surface area contributed by atoms with Crippen molar-refractivity contribution in [3.05, 3.63) is 77.5 Å². The van der Waals surface area contributed by atoms with Crippen LogP contribution in [-0.4, -0.2) is 32.3 Å². The second kappa shape index (κ2) is 7.72. The molecule has 1 aromatic carbocycles. The first kappa shape index (κ1) is 17.4. The van der Waals surface area contributed by atoms with Gasteiger partial charge in [0.15, 0.2) is 0 Å². The molecule has 3 heterocycles. The average Bonchev–Trinajstić information content (AvgIpc) is 3.20. The maximum absolute atomic E-state index is 12.8. The Morgan fingerprint density at radius 3 is 2.74 bits per heavy atom. The minimum absolute atomic E-state index is 0.0450. The van der Waals surface area contributed by atoms with E-state index in [4.69, 9.17) is 16.3 Å². The van der Waals surface area contributed by atoms with Gasteiger partial charge in [0, 0.05) is 24.0 Å². The zero-order chi connectivity index (χ0) is 18.6. The number of likely N-dealkylation sites (tertiary alicyclic amines) is 1. The highest BCUT2D eigenvalue weighted by Gasteiger charge is 2.32. The fourth-order valence-electron chi connectivity index (χ4n) is 3.17. The van der Waals surface area contributed by atoms with Crippen LogP contribution in [0.25, 0.3) is 0 Å². The molecular weight excluding hydrogens is 364 g/mol. The molecule has 1 aliphatic heterocycles. The molecule has 1 atom stereocenters. The third-order valence-corrected chi connectivity index (χ3v) is 4.68. The highest BCUT2D eigenvalue weighted by molar-refractivity contribution is 6.30. The molecule has 3 aromatic rings. The highest BCUT2D eigenvalue weighted by atomic mass is 35.5. The van der Waals surface area contributed by atoms with E-state index >= 15 is 0 Å². The zero-order valence-electron chi connectivity index (χ0n) is 14.5. The topological polar surface area (TPSA) is 68.2 Å². The summed E-state index contributed by atoms with van der Waals surface area (Å²) < 4.78 is 5.77. The number of carbonyl (C=O) groups excluding carboxylic acids is 1. The van der Waals surface area contributed by atoms with Crippen LogP contribution in [0.15, 0.2) is 61.2 Å². The molecule has 27 heavy (non-hydrogen) atoms. The Balaban J connectivity index is 1.55. The summed E-state index contributed by atoms with van der Waals surface area (Å²) in [6.45, 7) is 0.683. The Morgan fingerprint density at radius 2 is 1.96 bits per heavy atom. The van der Waals surface area contributed by atoms with Gasteiger partial charge in [0.1, 0.15) is 5.75 Å². The summed E-state index contributed by atoms with van der Waals surface area (Å²) in [6, 6.07) is 10.4. The number of nitrogens with zero attached hydrogens (tertiary/aromatic N) is 4. The van der Waals surface area contributed by atoms with Gasteiger partial charge in [0.25, 0.3) is 5.91 Å². The molecule has 0 unspecified atom stereocenters. The van der Waals surface area contributed by atoms with E-state index in [-0.39, 0.29) is 11.9 Å². The zero-order valence-corrected chi connectivity index (χ0v) is 15.2. The summed E-state index contributed by atoms with van der Waals surface area (Å²) in [5.74, 6) is 0.965. The molecule has 0 N–H and O–H groups in total. The maximum Gasteiger partial charge on any atom is 0.255 e. The van der Waals surface area contributed by atoms with Crippen molar-refractivity contribution in [3.63, 3.8) is 0 Å². The van der Waals surface area contributed by atoms with Crippen LogP contribution in [0.3, 0.4) is 0 Å². The first-order chi connectivity index (χ1) is 13.2. The van der Waals surface area contributed by atoms with Gasteiger partial charge in [0.05, 0.1) is 29.7 Å². The Kier molecular flexibility index (Phi) is 4.98. The maximum atomic E-state index is 12.8. The van der Waals surface area contributed by atoms with Crippen molar-refractivity contribution in [2.75, 3.05) is 6.54 Å². The van der Waals surface area contributed by atoms with E-state index in [1.807, 2.05) is 4.90 Å². The molecule has 1 fully saturated rings. The molecule has 0 saturated carbocycles. The molecule has 1 saturated heterocycles. The number of hydrogen-bond donors (Lipinski definition) is 0. The van der Waals surface area contributed by atoms with Crippen molar-refractivity contribution in [3.8, 4) is 11.6 Å². The van der Waals surface area contributed by atoms with Crippen molar-refractivity contribution in [1.82, 2.24) is 19.9 Å². The molecule has 6 nitrogen and oxygen atoms in total. The number of benzene rings is 1. The fraction of sp³-hybridized carbons (Fsp3) is 0.200. The first-order valence-corrected chi connectivity index (χ1v) is 9.05. The van der Waals surface area contributed by atoms with Crippen molar-refractivity contribution in [2.45, 2.75) is 18.9 Å². The van der Waals surface area contributed by atoms with Crippen LogP contribution >= 0.6 is 11.6 Å². The number of halogens is 1. The predicted octanol–water partition coefficient (Wildman–Crippen LogP) is 4.29. The number of aromatic nitrogens is 3. The van der Waals surface area contributed by atoms with Gasteiger partial charge < -0.3 is 9.64 Å². The van der Waals surface area contributed by atoms with E-state index < -0.39 is 0 Å². The smallest absolute Gasteiger partial charge is 0.255 e. The number of amides is 1. The van der Waals surface area contributed by atoms with Crippen molar-refractivity contribution in [2.24, 2.45) is 0 Å². The van der Waals surface area contributed by atoms with Crippen LogP contribution in [0, 0.1) is 0 Å². The molecule has 0 bridgehead atoms. The first-order valence-electron chi connectivity index (χ1n) is 8.67. The lowest BCUT2D eigenvalue weighted by Gasteiger charge is -2.24. The van der Waals surface area contributed by atoms with E-state index in [1.54, 1.807) is 61.2 Å². The standard InChI is InChI=1S/C20H17ClN4O2/c21-15-5-7-16(8-6-15)27-19-13-23-12-17(24-19)18-4-2-10-25(18)20(26)14-3-1-9-22-11-14/h1,3,5-9,11-13,18H,2,4,10H2/t18-/m0/s1. The van der Waals surface area contributed by atoms with Crippen molar-refractivity contribution >= 4 is 17.5 Å². The Morgan fingerprint density at radius 1 is 1.11 bits per heavy atom. The van der Waals surface area contributed by atoms with E-state index in [9.17, 15) is 4.79 Å². The lowest BCUT2D eigenvalue weighted by Crippen LogP contribution is -2.31. The molecule has 136 valence electrons. The van der Waals surface area contributed by atoms with Gasteiger partial charge in [-0.15, -0.1) is 0 Å². The van der Waals surface area contributed by atoms with E-state index in [0.717, 1.165) is 18.5 Å².